The highest BCUT2D eigenvalue weighted by Gasteiger charge is 2.23. The first-order valence-electron chi connectivity index (χ1n) is 4.01. The topological polar surface area (TPSA) is 69.6 Å². The van der Waals surface area contributed by atoms with Gasteiger partial charge in [0.05, 0.1) is 0 Å². The fourth-order valence-corrected chi connectivity index (χ4v) is 1.26. The Balaban J connectivity index is 4.49. The number of hydrogen-bond donors (Lipinski definition) is 3. The summed E-state index contributed by atoms with van der Waals surface area (Å²) in [5, 5.41) is 10.1. The molecule has 1 atom stereocenters. The lowest BCUT2D eigenvalue weighted by molar-refractivity contribution is -0.144. The van der Waals surface area contributed by atoms with E-state index in [4.69, 9.17) is 5.11 Å². The maximum absolute atomic E-state index is 10.8. The van der Waals surface area contributed by atoms with Gasteiger partial charge in [0.1, 0.15) is 6.04 Å². The third kappa shape index (κ3) is 4.29. The highest BCUT2D eigenvalue weighted by molar-refractivity contribution is 7.80. The molecule has 0 bridgehead atoms. The summed E-state index contributed by atoms with van der Waals surface area (Å²) in [5.41, 5.74) is 2.41. The van der Waals surface area contributed by atoms with Crippen LogP contribution in [0, 0.1) is 0 Å². The normalized spacial score (nSPS) is 12.2. The summed E-state index contributed by atoms with van der Waals surface area (Å²) in [7, 11) is 0. The number of aliphatic carboxylic acids is 1. The number of nitrogens with zero attached hydrogens (tertiary/aromatic N) is 1. The molecular formula is C8H14N2O3S. The van der Waals surface area contributed by atoms with Crippen LogP contribution in [0.4, 0.5) is 0 Å². The molecule has 0 spiro atoms. The van der Waals surface area contributed by atoms with E-state index in [9.17, 15) is 9.59 Å². The molecule has 6 heteroatoms. The molecule has 0 aliphatic carbocycles. The first-order valence-corrected chi connectivity index (χ1v) is 4.64. The Morgan fingerprint density at radius 1 is 1.71 bits per heavy atom. The van der Waals surface area contributed by atoms with Crippen molar-refractivity contribution in [2.45, 2.75) is 13.0 Å². The summed E-state index contributed by atoms with van der Waals surface area (Å²) < 4.78 is 0. The molecule has 0 aromatic rings. The first kappa shape index (κ1) is 13.0. The average molecular weight is 218 g/mol. The van der Waals surface area contributed by atoms with Crippen LogP contribution in [0.2, 0.25) is 0 Å². The monoisotopic (exact) mass is 218 g/mol. The van der Waals surface area contributed by atoms with Gasteiger partial charge in [0.25, 0.3) is 0 Å². The molecule has 1 amide bonds. The number of hydrazine groups is 1. The van der Waals surface area contributed by atoms with Crippen molar-refractivity contribution in [2.24, 2.45) is 0 Å². The van der Waals surface area contributed by atoms with E-state index in [1.807, 2.05) is 0 Å². The summed E-state index contributed by atoms with van der Waals surface area (Å²) in [6, 6.07) is -0.847. The fraction of sp³-hybridized carbons (Fsp3) is 0.500. The Kier molecular flexibility index (Phi) is 5.98. The molecular weight excluding hydrogens is 204 g/mol. The average Bonchev–Trinajstić information content (AvgIpc) is 2.03. The molecule has 0 saturated carbocycles. The number of carboxylic acid groups (broad SMARTS) is 1. The third-order valence-electron chi connectivity index (χ3n) is 1.46. The van der Waals surface area contributed by atoms with Gasteiger partial charge in [-0.2, -0.15) is 12.6 Å². The number of carbonyl (C=O) groups is 2. The summed E-state index contributed by atoms with van der Waals surface area (Å²) in [4.78, 5) is 21.5. The molecule has 0 aliphatic rings. The number of thiol groups is 1. The van der Waals surface area contributed by atoms with Crippen molar-refractivity contribution in [1.29, 1.82) is 0 Å². The SMILES string of the molecule is C=CCN(NC(C)=O)C(CS)C(=O)O. The third-order valence-corrected chi connectivity index (χ3v) is 1.81. The molecule has 0 saturated heterocycles. The number of carboxylic acids is 1. The first-order chi connectivity index (χ1) is 6.52. The van der Waals surface area contributed by atoms with E-state index in [-0.39, 0.29) is 18.2 Å². The largest absolute Gasteiger partial charge is 0.480 e. The molecule has 1 unspecified atom stereocenters. The van der Waals surface area contributed by atoms with Crippen LogP contribution in [0.15, 0.2) is 12.7 Å². The van der Waals surface area contributed by atoms with Gasteiger partial charge in [0, 0.05) is 19.2 Å². The van der Waals surface area contributed by atoms with Crippen molar-refractivity contribution in [3.05, 3.63) is 12.7 Å². The Hall–Kier alpha value is -1.01. The van der Waals surface area contributed by atoms with Crippen LogP contribution in [-0.2, 0) is 9.59 Å². The van der Waals surface area contributed by atoms with Gasteiger partial charge in [-0.3, -0.25) is 15.0 Å². The van der Waals surface area contributed by atoms with Crippen LogP contribution in [0.1, 0.15) is 6.92 Å². The Labute approximate surface area is 88.2 Å². The van der Waals surface area contributed by atoms with Crippen LogP contribution in [0.25, 0.3) is 0 Å². The van der Waals surface area contributed by atoms with E-state index in [0.29, 0.717) is 0 Å². The minimum atomic E-state index is -1.03. The number of nitrogens with one attached hydrogen (secondary N) is 1. The van der Waals surface area contributed by atoms with Gasteiger partial charge in [0.2, 0.25) is 5.91 Å². The highest BCUT2D eigenvalue weighted by atomic mass is 32.1. The summed E-state index contributed by atoms with van der Waals surface area (Å²) in [5.74, 6) is -1.24. The lowest BCUT2D eigenvalue weighted by Crippen LogP contribution is -2.52. The van der Waals surface area contributed by atoms with Gasteiger partial charge in [-0.25, -0.2) is 5.01 Å². The number of rotatable bonds is 6. The standard InChI is InChI=1S/C8H14N2O3S/c1-3-4-10(9-6(2)11)7(5-14)8(12)13/h3,7,14H,1,4-5H2,2H3,(H,9,11)(H,12,13). The maximum atomic E-state index is 10.8. The molecule has 0 aliphatic heterocycles. The fourth-order valence-electron chi connectivity index (χ4n) is 0.902. The Bertz CT molecular complexity index is 233. The van der Waals surface area contributed by atoms with Crippen molar-refractivity contribution in [3.63, 3.8) is 0 Å². The molecule has 0 heterocycles. The smallest absolute Gasteiger partial charge is 0.323 e. The summed E-state index contributed by atoms with van der Waals surface area (Å²) in [6.45, 7) is 5.05. The van der Waals surface area contributed by atoms with Gasteiger partial charge in [-0.15, -0.1) is 6.58 Å². The molecule has 5 nitrogen and oxygen atoms in total. The molecule has 14 heavy (non-hydrogen) atoms. The predicted octanol–water partition coefficient (Wildman–Crippen LogP) is -0.0915. The van der Waals surface area contributed by atoms with Gasteiger partial charge in [-0.05, 0) is 0 Å². The van der Waals surface area contributed by atoms with Crippen LogP contribution >= 0.6 is 12.6 Å². The Morgan fingerprint density at radius 3 is 2.57 bits per heavy atom. The van der Waals surface area contributed by atoms with Crippen molar-refractivity contribution in [3.8, 4) is 0 Å². The summed E-state index contributed by atoms with van der Waals surface area (Å²) in [6.07, 6.45) is 1.51. The molecule has 0 aromatic carbocycles. The minimum Gasteiger partial charge on any atom is -0.480 e. The van der Waals surface area contributed by atoms with Crippen molar-refractivity contribution in [1.82, 2.24) is 10.4 Å². The zero-order valence-corrected chi connectivity index (χ0v) is 8.83. The lowest BCUT2D eigenvalue weighted by Gasteiger charge is -2.26. The van der Waals surface area contributed by atoms with E-state index >= 15 is 0 Å². The lowest BCUT2D eigenvalue weighted by atomic mass is 10.3. The van der Waals surface area contributed by atoms with Gasteiger partial charge < -0.3 is 5.11 Å². The summed E-state index contributed by atoms with van der Waals surface area (Å²) >= 11 is 3.90. The molecule has 2 N–H and O–H groups in total. The molecule has 0 fully saturated rings. The predicted molar refractivity (Wildman–Crippen MR) is 56.0 cm³/mol. The van der Waals surface area contributed by atoms with E-state index in [1.54, 1.807) is 0 Å². The van der Waals surface area contributed by atoms with E-state index < -0.39 is 12.0 Å². The van der Waals surface area contributed by atoms with Crippen LogP contribution in [0.3, 0.4) is 0 Å². The molecule has 0 aromatic heterocycles. The Morgan fingerprint density at radius 2 is 2.29 bits per heavy atom. The second kappa shape index (κ2) is 6.44. The zero-order chi connectivity index (χ0) is 11.1. The van der Waals surface area contributed by atoms with Crippen LogP contribution in [-0.4, -0.2) is 40.3 Å². The van der Waals surface area contributed by atoms with Gasteiger partial charge in [-0.1, -0.05) is 6.08 Å². The minimum absolute atomic E-state index is 0.115. The van der Waals surface area contributed by atoms with Crippen molar-refractivity contribution >= 4 is 24.5 Å². The highest BCUT2D eigenvalue weighted by Crippen LogP contribution is 1.99. The van der Waals surface area contributed by atoms with Gasteiger partial charge >= 0.3 is 5.97 Å². The molecule has 0 rings (SSSR count). The van der Waals surface area contributed by atoms with Gasteiger partial charge in [0.15, 0.2) is 0 Å². The van der Waals surface area contributed by atoms with E-state index in [1.165, 1.54) is 18.0 Å². The maximum Gasteiger partial charge on any atom is 0.323 e. The van der Waals surface area contributed by atoms with Crippen molar-refractivity contribution < 1.29 is 14.7 Å². The van der Waals surface area contributed by atoms with Crippen molar-refractivity contribution in [2.75, 3.05) is 12.3 Å². The van der Waals surface area contributed by atoms with E-state index in [2.05, 4.69) is 24.6 Å². The molecule has 0 radical (unpaired) electrons. The number of carbonyl (C=O) groups excluding carboxylic acids is 1. The zero-order valence-electron chi connectivity index (χ0n) is 7.93. The molecule has 80 valence electrons. The second-order valence-electron chi connectivity index (χ2n) is 2.65. The number of amides is 1. The van der Waals surface area contributed by atoms with Crippen LogP contribution < -0.4 is 5.43 Å². The van der Waals surface area contributed by atoms with E-state index in [0.717, 1.165) is 0 Å². The number of hydrogen-bond acceptors (Lipinski definition) is 4. The quantitative estimate of drug-likeness (QED) is 0.331. The van der Waals surface area contributed by atoms with Crippen LogP contribution in [0.5, 0.6) is 0 Å². The second-order valence-corrected chi connectivity index (χ2v) is 3.01.